The molecule has 1 aliphatic rings. The number of fused-ring (bicyclic) bond motifs is 2. The van der Waals surface area contributed by atoms with Crippen molar-refractivity contribution in [3.05, 3.63) is 113 Å². The largest absolute Gasteiger partial charge is 0.503 e. The number of aliphatic hydroxyl groups excluding tert-OH is 1. The number of aliphatic hydroxyl groups is 1. The maximum Gasteiger partial charge on any atom is 0.294 e. The van der Waals surface area contributed by atoms with Crippen LogP contribution in [0.1, 0.15) is 22.2 Å². The number of methoxy groups -OCH3 is 2. The number of hydrogen-bond acceptors (Lipinski definition) is 6. The number of furan rings is 1. The summed E-state index contributed by atoms with van der Waals surface area (Å²) in [6.45, 7) is 0. The second kappa shape index (κ2) is 9.53. The molecule has 0 saturated carbocycles. The first kappa shape index (κ1) is 24.6. The number of halogens is 1. The maximum atomic E-state index is 14.1. The Morgan fingerprint density at radius 1 is 0.923 bits per heavy atom. The number of benzene rings is 4. The van der Waals surface area contributed by atoms with Gasteiger partial charge < -0.3 is 19.0 Å². The lowest BCUT2D eigenvalue weighted by molar-refractivity contribution is -0.117. The molecule has 7 nitrogen and oxygen atoms in total. The number of ether oxygens (including phenoxy) is 2. The highest BCUT2D eigenvalue weighted by atomic mass is 35.5. The average molecular weight is 540 g/mol. The summed E-state index contributed by atoms with van der Waals surface area (Å²) in [4.78, 5) is 29.1. The first-order chi connectivity index (χ1) is 18.9. The van der Waals surface area contributed by atoms with Crippen molar-refractivity contribution < 1.29 is 28.6 Å². The number of carbonyl (C=O) groups excluding carboxylic acids is 2. The minimum absolute atomic E-state index is 0.0539. The molecule has 1 unspecified atom stereocenters. The third-order valence-electron chi connectivity index (χ3n) is 6.91. The Hall–Kier alpha value is -4.75. The second-order valence-electron chi connectivity index (χ2n) is 9.07. The van der Waals surface area contributed by atoms with Crippen LogP contribution in [0.4, 0.5) is 5.69 Å². The molecule has 194 valence electrons. The van der Waals surface area contributed by atoms with Crippen LogP contribution in [-0.2, 0) is 4.79 Å². The standard InChI is InChI=1S/C31H22ClNO6/c1-37-21-12-10-20(11-13-21)33-27(23-9-5-7-17-6-3-4-8-22(17)23)26(29(35)31(33)36)28(34)24-15-18-14-19(32)16-25(38-2)30(18)39-24/h3-16,27,35H,1-2H3. The monoisotopic (exact) mass is 539 g/mol. The highest BCUT2D eigenvalue weighted by Crippen LogP contribution is 2.45. The maximum absolute atomic E-state index is 14.1. The van der Waals surface area contributed by atoms with Crippen molar-refractivity contribution in [2.45, 2.75) is 6.04 Å². The molecular weight excluding hydrogens is 518 g/mol. The Morgan fingerprint density at radius 3 is 2.41 bits per heavy atom. The van der Waals surface area contributed by atoms with Gasteiger partial charge in [0.2, 0.25) is 5.78 Å². The number of anilines is 1. The van der Waals surface area contributed by atoms with Crippen LogP contribution < -0.4 is 14.4 Å². The fourth-order valence-electron chi connectivity index (χ4n) is 5.11. The van der Waals surface area contributed by atoms with Gasteiger partial charge >= 0.3 is 0 Å². The minimum atomic E-state index is -0.928. The predicted molar refractivity (Wildman–Crippen MR) is 149 cm³/mol. The molecule has 0 saturated heterocycles. The van der Waals surface area contributed by atoms with Gasteiger partial charge in [0, 0.05) is 22.2 Å². The van der Waals surface area contributed by atoms with E-state index in [0.29, 0.717) is 38.7 Å². The van der Waals surface area contributed by atoms with Crippen LogP contribution in [0.3, 0.4) is 0 Å². The molecule has 1 N–H and O–H groups in total. The van der Waals surface area contributed by atoms with E-state index in [1.807, 2.05) is 42.5 Å². The van der Waals surface area contributed by atoms with Crippen molar-refractivity contribution >= 4 is 50.7 Å². The summed E-state index contributed by atoms with van der Waals surface area (Å²) in [7, 11) is 3.02. The number of hydrogen-bond donors (Lipinski definition) is 1. The van der Waals surface area contributed by atoms with Crippen molar-refractivity contribution in [2.75, 3.05) is 19.1 Å². The Labute approximate surface area is 228 Å². The molecule has 2 heterocycles. The molecule has 6 rings (SSSR count). The van der Waals surface area contributed by atoms with E-state index in [4.69, 9.17) is 25.5 Å². The van der Waals surface area contributed by atoms with Crippen LogP contribution in [0.25, 0.3) is 21.7 Å². The summed E-state index contributed by atoms with van der Waals surface area (Å²) in [5.74, 6) is -1.04. The van der Waals surface area contributed by atoms with Gasteiger partial charge in [0.1, 0.15) is 5.75 Å². The molecule has 39 heavy (non-hydrogen) atoms. The lowest BCUT2D eigenvalue weighted by Crippen LogP contribution is -2.31. The van der Waals surface area contributed by atoms with Crippen LogP contribution in [0.2, 0.25) is 5.02 Å². The van der Waals surface area contributed by atoms with Gasteiger partial charge in [-0.2, -0.15) is 0 Å². The first-order valence-electron chi connectivity index (χ1n) is 12.1. The number of ketones is 1. The van der Waals surface area contributed by atoms with E-state index in [2.05, 4.69) is 0 Å². The quantitative estimate of drug-likeness (QED) is 0.233. The predicted octanol–water partition coefficient (Wildman–Crippen LogP) is 7.04. The molecule has 0 radical (unpaired) electrons. The van der Waals surface area contributed by atoms with Crippen molar-refractivity contribution in [3.63, 3.8) is 0 Å². The molecule has 8 heteroatoms. The lowest BCUT2D eigenvalue weighted by Gasteiger charge is -2.28. The van der Waals surface area contributed by atoms with Gasteiger partial charge in [-0.1, -0.05) is 54.1 Å². The summed E-state index contributed by atoms with van der Waals surface area (Å²) in [6.07, 6.45) is 0. The van der Waals surface area contributed by atoms with E-state index in [0.717, 1.165) is 10.8 Å². The molecule has 0 spiro atoms. The van der Waals surface area contributed by atoms with Crippen molar-refractivity contribution in [1.82, 2.24) is 0 Å². The van der Waals surface area contributed by atoms with Gasteiger partial charge in [0.15, 0.2) is 22.9 Å². The Morgan fingerprint density at radius 2 is 1.67 bits per heavy atom. The van der Waals surface area contributed by atoms with E-state index in [1.54, 1.807) is 43.5 Å². The SMILES string of the molecule is COc1ccc(N2C(=O)C(O)=C(C(=O)c3cc4cc(Cl)cc(OC)c4o3)C2c2cccc3ccccc23)cc1. The lowest BCUT2D eigenvalue weighted by atomic mass is 9.91. The molecule has 1 amide bonds. The van der Waals surface area contributed by atoms with E-state index >= 15 is 0 Å². The second-order valence-corrected chi connectivity index (χ2v) is 9.51. The number of amides is 1. The molecule has 0 fully saturated rings. The van der Waals surface area contributed by atoms with Crippen molar-refractivity contribution in [2.24, 2.45) is 0 Å². The van der Waals surface area contributed by atoms with Crippen LogP contribution in [0, 0.1) is 0 Å². The molecule has 1 aromatic heterocycles. The summed E-state index contributed by atoms with van der Waals surface area (Å²) in [5, 5.41) is 13.9. The van der Waals surface area contributed by atoms with E-state index in [1.165, 1.54) is 18.1 Å². The number of carbonyl (C=O) groups is 2. The zero-order chi connectivity index (χ0) is 27.3. The Balaban J connectivity index is 1.55. The molecule has 5 aromatic rings. The highest BCUT2D eigenvalue weighted by molar-refractivity contribution is 6.31. The van der Waals surface area contributed by atoms with Gasteiger partial charge in [0.05, 0.1) is 25.8 Å². The zero-order valence-corrected chi connectivity index (χ0v) is 21.7. The van der Waals surface area contributed by atoms with E-state index in [9.17, 15) is 14.7 Å². The zero-order valence-electron chi connectivity index (χ0n) is 21.0. The summed E-state index contributed by atoms with van der Waals surface area (Å²) < 4.78 is 16.6. The smallest absolute Gasteiger partial charge is 0.294 e. The fourth-order valence-corrected chi connectivity index (χ4v) is 5.33. The van der Waals surface area contributed by atoms with Crippen LogP contribution in [0.5, 0.6) is 11.5 Å². The highest BCUT2D eigenvalue weighted by Gasteiger charge is 2.46. The summed E-state index contributed by atoms with van der Waals surface area (Å²) >= 11 is 6.21. The third kappa shape index (κ3) is 3.99. The molecule has 0 bridgehead atoms. The van der Waals surface area contributed by atoms with Gasteiger partial charge in [-0.15, -0.1) is 0 Å². The molecule has 1 atom stereocenters. The van der Waals surface area contributed by atoms with Gasteiger partial charge in [-0.25, -0.2) is 0 Å². The summed E-state index contributed by atoms with van der Waals surface area (Å²) in [6, 6.07) is 24.0. The normalized spacial score (nSPS) is 15.4. The Bertz CT molecular complexity index is 1800. The minimum Gasteiger partial charge on any atom is -0.503 e. The van der Waals surface area contributed by atoms with Crippen molar-refractivity contribution in [3.8, 4) is 11.5 Å². The number of nitrogens with zero attached hydrogens (tertiary/aromatic N) is 1. The Kier molecular flexibility index (Phi) is 6.00. The van der Waals surface area contributed by atoms with Gasteiger partial charge in [0.25, 0.3) is 5.91 Å². The van der Waals surface area contributed by atoms with Gasteiger partial charge in [-0.05, 0) is 52.7 Å². The average Bonchev–Trinajstić information content (AvgIpc) is 3.50. The third-order valence-corrected chi connectivity index (χ3v) is 7.13. The van der Waals surface area contributed by atoms with E-state index in [-0.39, 0.29) is 11.3 Å². The summed E-state index contributed by atoms with van der Waals surface area (Å²) in [5.41, 5.74) is 1.42. The molecule has 1 aliphatic heterocycles. The van der Waals surface area contributed by atoms with Crippen LogP contribution in [-0.4, -0.2) is 31.0 Å². The molecule has 0 aliphatic carbocycles. The van der Waals surface area contributed by atoms with Gasteiger partial charge in [-0.3, -0.25) is 14.5 Å². The van der Waals surface area contributed by atoms with Crippen LogP contribution >= 0.6 is 11.6 Å². The van der Waals surface area contributed by atoms with E-state index < -0.39 is 23.5 Å². The molecule has 4 aromatic carbocycles. The van der Waals surface area contributed by atoms with Crippen molar-refractivity contribution in [1.29, 1.82) is 0 Å². The topological polar surface area (TPSA) is 89.2 Å². The fraction of sp³-hybridized carbons (Fsp3) is 0.0968. The molecular formula is C31H22ClNO6. The number of Topliss-reactive ketones (excluding diaryl/α,β-unsaturated/α-hetero) is 1. The number of rotatable bonds is 6. The van der Waals surface area contributed by atoms with Crippen LogP contribution in [0.15, 0.2) is 101 Å². The first-order valence-corrected chi connectivity index (χ1v) is 12.5.